The van der Waals surface area contributed by atoms with Gasteiger partial charge in [-0.15, -0.1) is 0 Å². The van der Waals surface area contributed by atoms with Crippen molar-refractivity contribution < 1.29 is 0 Å². The Labute approximate surface area is 107 Å². The van der Waals surface area contributed by atoms with Crippen LogP contribution in [-0.2, 0) is 6.54 Å². The number of pyridine rings is 2. The van der Waals surface area contributed by atoms with Gasteiger partial charge < -0.3 is 10.6 Å². The molecule has 2 aromatic heterocycles. The quantitative estimate of drug-likeness (QED) is 0.892. The largest absolute Gasteiger partial charge is 0.367 e. The van der Waals surface area contributed by atoms with Gasteiger partial charge in [0.25, 0.3) is 0 Å². The van der Waals surface area contributed by atoms with Crippen molar-refractivity contribution in [1.29, 1.82) is 0 Å². The van der Waals surface area contributed by atoms with E-state index in [-0.39, 0.29) is 6.04 Å². The van der Waals surface area contributed by atoms with Crippen molar-refractivity contribution in [1.82, 2.24) is 9.97 Å². The standard InChI is InChI=1S/C14H18N4/c1-11(15)14-7-6-13(9-17-14)18(2)10-12-5-3-4-8-16-12/h3-9,11H,10,15H2,1-2H3/t11-/m0/s1. The number of nitrogens with zero attached hydrogens (tertiary/aromatic N) is 3. The highest BCUT2D eigenvalue weighted by Crippen LogP contribution is 2.15. The fourth-order valence-electron chi connectivity index (χ4n) is 1.72. The van der Waals surface area contributed by atoms with E-state index in [4.69, 9.17) is 5.73 Å². The topological polar surface area (TPSA) is 55.0 Å². The van der Waals surface area contributed by atoms with Crippen LogP contribution in [0.2, 0.25) is 0 Å². The van der Waals surface area contributed by atoms with Crippen LogP contribution in [0.25, 0.3) is 0 Å². The molecule has 2 aromatic rings. The first-order chi connectivity index (χ1) is 8.66. The summed E-state index contributed by atoms with van der Waals surface area (Å²) < 4.78 is 0. The summed E-state index contributed by atoms with van der Waals surface area (Å²) in [6, 6.07) is 9.90. The number of rotatable bonds is 4. The molecular weight excluding hydrogens is 224 g/mol. The Balaban J connectivity index is 2.07. The van der Waals surface area contributed by atoms with Gasteiger partial charge >= 0.3 is 0 Å². The lowest BCUT2D eigenvalue weighted by Gasteiger charge is -2.19. The molecule has 2 N–H and O–H groups in total. The first-order valence-electron chi connectivity index (χ1n) is 5.99. The Kier molecular flexibility index (Phi) is 3.89. The van der Waals surface area contributed by atoms with E-state index < -0.39 is 0 Å². The van der Waals surface area contributed by atoms with Gasteiger partial charge in [0.2, 0.25) is 0 Å². The van der Waals surface area contributed by atoms with Crippen molar-refractivity contribution in [3.05, 3.63) is 54.1 Å². The molecule has 0 fully saturated rings. The summed E-state index contributed by atoms with van der Waals surface area (Å²) in [5.74, 6) is 0. The molecule has 0 aliphatic rings. The van der Waals surface area contributed by atoms with Gasteiger partial charge in [0.1, 0.15) is 0 Å². The van der Waals surface area contributed by atoms with Gasteiger partial charge in [-0.2, -0.15) is 0 Å². The van der Waals surface area contributed by atoms with E-state index in [2.05, 4.69) is 14.9 Å². The third kappa shape index (κ3) is 3.05. The molecule has 0 saturated heterocycles. The zero-order chi connectivity index (χ0) is 13.0. The Morgan fingerprint density at radius 3 is 2.61 bits per heavy atom. The summed E-state index contributed by atoms with van der Waals surface area (Å²) in [7, 11) is 2.03. The molecule has 0 radical (unpaired) electrons. The molecule has 0 aromatic carbocycles. The van der Waals surface area contributed by atoms with Gasteiger partial charge in [-0.25, -0.2) is 0 Å². The van der Waals surface area contributed by atoms with E-state index in [1.807, 2.05) is 50.5 Å². The van der Waals surface area contributed by atoms with Gasteiger partial charge in [-0.05, 0) is 31.2 Å². The zero-order valence-electron chi connectivity index (χ0n) is 10.7. The van der Waals surface area contributed by atoms with Gasteiger partial charge in [-0.1, -0.05) is 6.07 Å². The van der Waals surface area contributed by atoms with Crippen LogP contribution in [0, 0.1) is 0 Å². The van der Waals surface area contributed by atoms with Gasteiger partial charge in [0.05, 0.1) is 29.8 Å². The molecule has 0 saturated carbocycles. The highest BCUT2D eigenvalue weighted by molar-refractivity contribution is 5.44. The minimum absolute atomic E-state index is 0.0276. The molecule has 0 aliphatic heterocycles. The first kappa shape index (κ1) is 12.5. The average molecular weight is 242 g/mol. The molecule has 0 aliphatic carbocycles. The summed E-state index contributed by atoms with van der Waals surface area (Å²) in [5.41, 5.74) is 8.78. The predicted molar refractivity (Wildman–Crippen MR) is 73.2 cm³/mol. The maximum Gasteiger partial charge on any atom is 0.0599 e. The number of anilines is 1. The second kappa shape index (κ2) is 5.60. The molecule has 0 unspecified atom stereocenters. The number of nitrogens with two attached hydrogens (primary N) is 1. The van der Waals surface area contributed by atoms with Crippen LogP contribution in [0.3, 0.4) is 0 Å². The molecule has 0 amide bonds. The van der Waals surface area contributed by atoms with E-state index >= 15 is 0 Å². The molecule has 0 bridgehead atoms. The Bertz CT molecular complexity index is 479. The number of aromatic nitrogens is 2. The summed E-state index contributed by atoms with van der Waals surface area (Å²) in [6.45, 7) is 2.69. The van der Waals surface area contributed by atoms with Crippen LogP contribution in [-0.4, -0.2) is 17.0 Å². The third-order valence-electron chi connectivity index (χ3n) is 2.80. The van der Waals surface area contributed by atoms with Crippen molar-refractivity contribution in [2.24, 2.45) is 5.73 Å². The van der Waals surface area contributed by atoms with Crippen molar-refractivity contribution in [3.63, 3.8) is 0 Å². The molecule has 0 spiro atoms. The molecule has 18 heavy (non-hydrogen) atoms. The number of hydrogen-bond acceptors (Lipinski definition) is 4. The zero-order valence-corrected chi connectivity index (χ0v) is 10.7. The minimum Gasteiger partial charge on any atom is -0.367 e. The normalized spacial score (nSPS) is 12.2. The highest BCUT2D eigenvalue weighted by Gasteiger charge is 2.05. The van der Waals surface area contributed by atoms with Crippen LogP contribution < -0.4 is 10.6 Å². The van der Waals surface area contributed by atoms with E-state index in [9.17, 15) is 0 Å². The fraction of sp³-hybridized carbons (Fsp3) is 0.286. The van der Waals surface area contributed by atoms with Crippen LogP contribution >= 0.6 is 0 Å². The molecular formula is C14H18N4. The average Bonchev–Trinajstić information content (AvgIpc) is 2.40. The molecule has 2 rings (SSSR count). The maximum atomic E-state index is 5.78. The van der Waals surface area contributed by atoms with E-state index in [1.54, 1.807) is 6.20 Å². The minimum atomic E-state index is -0.0276. The van der Waals surface area contributed by atoms with Crippen molar-refractivity contribution in [2.45, 2.75) is 19.5 Å². The maximum absolute atomic E-state index is 5.78. The Hall–Kier alpha value is -1.94. The fourth-order valence-corrected chi connectivity index (χ4v) is 1.72. The summed E-state index contributed by atoms with van der Waals surface area (Å²) in [5, 5.41) is 0. The summed E-state index contributed by atoms with van der Waals surface area (Å²) in [6.07, 6.45) is 3.66. The lowest BCUT2D eigenvalue weighted by atomic mass is 10.2. The van der Waals surface area contributed by atoms with Crippen molar-refractivity contribution in [3.8, 4) is 0 Å². The van der Waals surface area contributed by atoms with E-state index in [0.29, 0.717) is 0 Å². The number of hydrogen-bond donors (Lipinski definition) is 1. The van der Waals surface area contributed by atoms with E-state index in [0.717, 1.165) is 23.6 Å². The highest BCUT2D eigenvalue weighted by atomic mass is 15.1. The van der Waals surface area contributed by atoms with E-state index in [1.165, 1.54) is 0 Å². The second-order valence-electron chi connectivity index (χ2n) is 4.41. The van der Waals surface area contributed by atoms with Gasteiger partial charge in [0.15, 0.2) is 0 Å². The molecule has 2 heterocycles. The monoisotopic (exact) mass is 242 g/mol. The Morgan fingerprint density at radius 1 is 1.22 bits per heavy atom. The van der Waals surface area contributed by atoms with Crippen LogP contribution in [0.1, 0.15) is 24.4 Å². The Morgan fingerprint density at radius 2 is 2.06 bits per heavy atom. The molecule has 1 atom stereocenters. The van der Waals surface area contributed by atoms with Gasteiger partial charge in [-0.3, -0.25) is 9.97 Å². The second-order valence-corrected chi connectivity index (χ2v) is 4.41. The molecule has 4 nitrogen and oxygen atoms in total. The lowest BCUT2D eigenvalue weighted by molar-refractivity contribution is 0.778. The first-order valence-corrected chi connectivity index (χ1v) is 5.99. The summed E-state index contributed by atoms with van der Waals surface area (Å²) >= 11 is 0. The smallest absolute Gasteiger partial charge is 0.0599 e. The van der Waals surface area contributed by atoms with Crippen molar-refractivity contribution in [2.75, 3.05) is 11.9 Å². The molecule has 94 valence electrons. The van der Waals surface area contributed by atoms with Gasteiger partial charge in [0, 0.05) is 19.3 Å². The van der Waals surface area contributed by atoms with Crippen molar-refractivity contribution >= 4 is 5.69 Å². The van der Waals surface area contributed by atoms with Crippen LogP contribution in [0.4, 0.5) is 5.69 Å². The SMILES string of the molecule is C[C@H](N)c1ccc(N(C)Cc2ccccn2)cn1. The predicted octanol–water partition coefficient (Wildman–Crippen LogP) is 2.13. The van der Waals surface area contributed by atoms with Crippen LogP contribution in [0.15, 0.2) is 42.7 Å². The summed E-state index contributed by atoms with van der Waals surface area (Å²) in [4.78, 5) is 10.8. The third-order valence-corrected chi connectivity index (χ3v) is 2.80. The van der Waals surface area contributed by atoms with Crippen LogP contribution in [0.5, 0.6) is 0 Å². The lowest BCUT2D eigenvalue weighted by Crippen LogP contribution is -2.17. The molecule has 4 heteroatoms.